The number of likely N-dealkylation sites (N-methyl/N-ethyl adjacent to an activating group) is 1. The predicted octanol–water partition coefficient (Wildman–Crippen LogP) is 1.47. The molecule has 0 radical (unpaired) electrons. The molecule has 2 amide bonds. The molecule has 0 saturated heterocycles. The van der Waals surface area contributed by atoms with Gasteiger partial charge in [-0.2, -0.15) is 0 Å². The zero-order valence-corrected chi connectivity index (χ0v) is 14.5. The molecule has 0 aliphatic heterocycles. The van der Waals surface area contributed by atoms with Crippen molar-refractivity contribution < 1.29 is 9.59 Å². The van der Waals surface area contributed by atoms with E-state index in [4.69, 9.17) is 0 Å². The highest BCUT2D eigenvalue weighted by atomic mass is 16.2. The van der Waals surface area contributed by atoms with E-state index in [1.54, 1.807) is 12.4 Å². The Hall–Kier alpha value is -1.95. The molecule has 1 fully saturated rings. The Balaban J connectivity index is 1.57. The molecule has 2 N–H and O–H groups in total. The minimum absolute atomic E-state index is 0.0346. The van der Waals surface area contributed by atoms with E-state index in [1.165, 1.54) is 19.3 Å². The highest BCUT2D eigenvalue weighted by molar-refractivity contribution is 5.80. The Morgan fingerprint density at radius 2 is 1.88 bits per heavy atom. The van der Waals surface area contributed by atoms with Crippen molar-refractivity contribution >= 4 is 11.8 Å². The van der Waals surface area contributed by atoms with Gasteiger partial charge in [0.15, 0.2) is 0 Å². The van der Waals surface area contributed by atoms with Crippen molar-refractivity contribution in [3.8, 4) is 0 Å². The third-order valence-corrected chi connectivity index (χ3v) is 4.26. The smallest absolute Gasteiger partial charge is 0.234 e. The number of carbonyl (C=O) groups excluding carboxylic acids is 2. The van der Waals surface area contributed by atoms with Crippen molar-refractivity contribution in [2.75, 3.05) is 20.1 Å². The second-order valence-corrected chi connectivity index (χ2v) is 6.53. The number of hydrogen-bond donors (Lipinski definition) is 2. The third-order valence-electron chi connectivity index (χ3n) is 4.26. The van der Waals surface area contributed by atoms with Gasteiger partial charge in [-0.25, -0.2) is 0 Å². The van der Waals surface area contributed by atoms with Crippen molar-refractivity contribution in [2.24, 2.45) is 0 Å². The summed E-state index contributed by atoms with van der Waals surface area (Å²) in [6, 6.07) is 4.20. The van der Waals surface area contributed by atoms with Crippen molar-refractivity contribution in [2.45, 2.75) is 51.1 Å². The molecule has 1 aliphatic carbocycles. The Labute approximate surface area is 144 Å². The molecule has 1 aromatic rings. The number of rotatable bonds is 8. The summed E-state index contributed by atoms with van der Waals surface area (Å²) < 4.78 is 0. The number of nitrogens with one attached hydrogen (secondary N) is 2. The lowest BCUT2D eigenvalue weighted by Crippen LogP contribution is -2.39. The molecule has 2 rings (SSSR count). The van der Waals surface area contributed by atoms with Crippen LogP contribution in [0, 0.1) is 0 Å². The monoisotopic (exact) mass is 332 g/mol. The maximum absolute atomic E-state index is 11.9. The van der Waals surface area contributed by atoms with Gasteiger partial charge < -0.3 is 10.6 Å². The molecule has 1 aromatic heterocycles. The minimum Gasteiger partial charge on any atom is -0.354 e. The van der Waals surface area contributed by atoms with Crippen LogP contribution in [0.5, 0.6) is 0 Å². The van der Waals surface area contributed by atoms with E-state index in [-0.39, 0.29) is 11.8 Å². The summed E-state index contributed by atoms with van der Waals surface area (Å²) in [6.45, 7) is 1.39. The first-order valence-electron chi connectivity index (χ1n) is 8.77. The first-order chi connectivity index (χ1) is 11.6. The fourth-order valence-corrected chi connectivity index (χ4v) is 3.02. The highest BCUT2D eigenvalue weighted by Gasteiger charge is 2.15. The molecule has 24 heavy (non-hydrogen) atoms. The Bertz CT molecular complexity index is 515. The number of carbonyl (C=O) groups is 2. The fraction of sp³-hybridized carbons (Fsp3) is 0.611. The van der Waals surface area contributed by atoms with Crippen LogP contribution in [-0.2, 0) is 16.1 Å². The van der Waals surface area contributed by atoms with Crippen LogP contribution < -0.4 is 10.6 Å². The number of aromatic nitrogens is 1. The largest absolute Gasteiger partial charge is 0.354 e. The van der Waals surface area contributed by atoms with E-state index in [0.29, 0.717) is 32.1 Å². The quantitative estimate of drug-likeness (QED) is 0.756. The topological polar surface area (TPSA) is 74.3 Å². The molecule has 0 spiro atoms. The van der Waals surface area contributed by atoms with Crippen molar-refractivity contribution in [3.05, 3.63) is 30.1 Å². The average Bonchev–Trinajstić information content (AvgIpc) is 2.56. The molecule has 1 aliphatic rings. The van der Waals surface area contributed by atoms with E-state index in [0.717, 1.165) is 18.4 Å². The molecular formula is C18H28N4O2. The van der Waals surface area contributed by atoms with Crippen LogP contribution in [-0.4, -0.2) is 47.9 Å². The predicted molar refractivity (Wildman–Crippen MR) is 93.2 cm³/mol. The van der Waals surface area contributed by atoms with Gasteiger partial charge in [0.1, 0.15) is 0 Å². The minimum atomic E-state index is -0.0583. The maximum atomic E-state index is 11.9. The summed E-state index contributed by atoms with van der Waals surface area (Å²) in [4.78, 5) is 29.7. The Morgan fingerprint density at radius 1 is 1.17 bits per heavy atom. The van der Waals surface area contributed by atoms with E-state index in [2.05, 4.69) is 15.6 Å². The number of amides is 2. The standard InChI is InChI=1S/C18H28N4O2/c1-22(13-15-7-10-19-11-8-15)14-18(24)20-12-9-17(23)21-16-5-3-2-4-6-16/h7-8,10-11,16H,2-6,9,12-14H2,1H3,(H,20,24)(H,21,23). The van der Waals surface area contributed by atoms with E-state index >= 15 is 0 Å². The normalized spacial score (nSPS) is 15.2. The van der Waals surface area contributed by atoms with Crippen LogP contribution in [0.2, 0.25) is 0 Å². The SMILES string of the molecule is CN(CC(=O)NCCC(=O)NC1CCCCC1)Cc1ccncc1. The Morgan fingerprint density at radius 3 is 2.58 bits per heavy atom. The molecule has 1 heterocycles. The summed E-state index contributed by atoms with van der Waals surface area (Å²) in [5.41, 5.74) is 1.12. The first-order valence-corrected chi connectivity index (χ1v) is 8.77. The van der Waals surface area contributed by atoms with E-state index in [9.17, 15) is 9.59 Å². The van der Waals surface area contributed by atoms with Crippen molar-refractivity contribution in [3.63, 3.8) is 0 Å². The van der Waals surface area contributed by atoms with Crippen LogP contribution in [0.3, 0.4) is 0 Å². The summed E-state index contributed by atoms with van der Waals surface area (Å²) in [5.74, 6) is -0.0237. The number of nitrogens with zero attached hydrogens (tertiary/aromatic N) is 2. The van der Waals surface area contributed by atoms with Gasteiger partial charge in [0.25, 0.3) is 0 Å². The van der Waals surface area contributed by atoms with Crippen LogP contribution >= 0.6 is 0 Å². The lowest BCUT2D eigenvalue weighted by Gasteiger charge is -2.22. The van der Waals surface area contributed by atoms with E-state index in [1.807, 2.05) is 24.1 Å². The van der Waals surface area contributed by atoms with Crippen LogP contribution in [0.25, 0.3) is 0 Å². The maximum Gasteiger partial charge on any atom is 0.234 e. The average molecular weight is 332 g/mol. The third kappa shape index (κ3) is 7.08. The number of hydrogen-bond acceptors (Lipinski definition) is 4. The molecule has 132 valence electrons. The zero-order chi connectivity index (χ0) is 17.2. The number of pyridine rings is 1. The molecule has 6 heteroatoms. The summed E-state index contributed by atoms with van der Waals surface area (Å²) in [5, 5.41) is 5.87. The summed E-state index contributed by atoms with van der Waals surface area (Å²) in [6.07, 6.45) is 9.67. The van der Waals surface area contributed by atoms with Gasteiger partial charge in [-0.1, -0.05) is 19.3 Å². The van der Waals surface area contributed by atoms with Crippen LogP contribution in [0.1, 0.15) is 44.1 Å². The van der Waals surface area contributed by atoms with Gasteiger partial charge in [-0.05, 0) is 37.6 Å². The van der Waals surface area contributed by atoms with E-state index < -0.39 is 0 Å². The molecule has 0 bridgehead atoms. The van der Waals surface area contributed by atoms with Crippen molar-refractivity contribution in [1.29, 1.82) is 0 Å². The zero-order valence-electron chi connectivity index (χ0n) is 14.5. The summed E-state index contributed by atoms with van der Waals surface area (Å²) >= 11 is 0. The van der Waals surface area contributed by atoms with Gasteiger partial charge >= 0.3 is 0 Å². The molecule has 0 atom stereocenters. The Kier molecular flexibility index (Phi) is 7.68. The molecule has 0 unspecified atom stereocenters. The summed E-state index contributed by atoms with van der Waals surface area (Å²) in [7, 11) is 1.90. The van der Waals surface area contributed by atoms with Gasteiger partial charge in [-0.3, -0.25) is 19.5 Å². The molecule has 6 nitrogen and oxygen atoms in total. The van der Waals surface area contributed by atoms with Crippen LogP contribution in [0.15, 0.2) is 24.5 Å². The molecular weight excluding hydrogens is 304 g/mol. The van der Waals surface area contributed by atoms with Crippen molar-refractivity contribution in [1.82, 2.24) is 20.5 Å². The molecule has 1 saturated carbocycles. The molecule has 0 aromatic carbocycles. The van der Waals surface area contributed by atoms with Crippen LogP contribution in [0.4, 0.5) is 0 Å². The second kappa shape index (κ2) is 10.0. The van der Waals surface area contributed by atoms with Gasteiger partial charge in [0.05, 0.1) is 6.54 Å². The lowest BCUT2D eigenvalue weighted by molar-refractivity contribution is -0.123. The lowest BCUT2D eigenvalue weighted by atomic mass is 9.95. The highest BCUT2D eigenvalue weighted by Crippen LogP contribution is 2.17. The van der Waals surface area contributed by atoms with Gasteiger partial charge in [0.2, 0.25) is 11.8 Å². The van der Waals surface area contributed by atoms with Gasteiger partial charge in [-0.15, -0.1) is 0 Å². The second-order valence-electron chi connectivity index (χ2n) is 6.53. The fourth-order valence-electron chi connectivity index (χ4n) is 3.02. The first kappa shape index (κ1) is 18.4. The van der Waals surface area contributed by atoms with Gasteiger partial charge in [0, 0.05) is 37.9 Å².